The molecule has 2 atom stereocenters. The van der Waals surface area contributed by atoms with Crippen molar-refractivity contribution in [3.05, 3.63) is 78.9 Å². The van der Waals surface area contributed by atoms with Gasteiger partial charge in [0.1, 0.15) is 18.0 Å². The van der Waals surface area contributed by atoms with Crippen LogP contribution in [0.15, 0.2) is 78.9 Å². The van der Waals surface area contributed by atoms with E-state index in [1.54, 1.807) is 24.3 Å². The molecule has 0 radical (unpaired) electrons. The maximum atomic E-state index is 8.63. The normalized spacial score (nSPS) is 22.5. The molecule has 2 aliphatic carbocycles. The second-order valence-corrected chi connectivity index (χ2v) is 5.97. The van der Waals surface area contributed by atoms with Crippen molar-refractivity contribution >= 4 is 0 Å². The lowest BCUT2D eigenvalue weighted by molar-refractivity contribution is 0.102. The first-order valence-corrected chi connectivity index (χ1v) is 9.03. The first-order chi connectivity index (χ1) is 12.8. The zero-order valence-corrected chi connectivity index (χ0v) is 15.1. The van der Waals surface area contributed by atoms with Gasteiger partial charge in [-0.25, -0.2) is 0 Å². The molecule has 0 spiro atoms. The minimum Gasteiger partial charge on any atom is -0.508 e. The Kier molecular flexibility index (Phi) is 10.2. The predicted octanol–water partition coefficient (Wildman–Crippen LogP) is 4.20. The first-order valence-electron chi connectivity index (χ1n) is 9.03. The third kappa shape index (κ3) is 12.3. The summed E-state index contributed by atoms with van der Waals surface area (Å²) in [6.45, 7) is 3.26. The molecular weight excluding hydrogens is 328 g/mol. The van der Waals surface area contributed by atoms with E-state index in [0.29, 0.717) is 18.0 Å². The molecule has 0 saturated carbocycles. The van der Waals surface area contributed by atoms with E-state index in [2.05, 4.69) is 48.6 Å². The number of ether oxygens (including phenoxy) is 3. The predicted molar refractivity (Wildman–Crippen MR) is 104 cm³/mol. The third-order valence-corrected chi connectivity index (χ3v) is 3.48. The van der Waals surface area contributed by atoms with Gasteiger partial charge in [0, 0.05) is 0 Å². The molecule has 4 aliphatic rings. The fourth-order valence-corrected chi connectivity index (χ4v) is 1.87. The van der Waals surface area contributed by atoms with Crippen LogP contribution < -0.4 is 0 Å². The van der Waals surface area contributed by atoms with E-state index in [-0.39, 0.29) is 0 Å². The van der Waals surface area contributed by atoms with Gasteiger partial charge in [-0.05, 0) is 25.0 Å². The lowest BCUT2D eigenvalue weighted by atomic mass is 10.3. The average Bonchev–Trinajstić information content (AvgIpc) is 3.52. The smallest absolute Gasteiger partial charge is 0.115 e. The fraction of sp³-hybridized carbons (Fsp3) is 0.364. The third-order valence-electron chi connectivity index (χ3n) is 3.48. The maximum Gasteiger partial charge on any atom is 0.115 e. The summed E-state index contributed by atoms with van der Waals surface area (Å²) in [5.41, 5.74) is 0. The van der Waals surface area contributed by atoms with Gasteiger partial charge in [0.2, 0.25) is 0 Å². The molecule has 26 heavy (non-hydrogen) atoms. The molecule has 2 saturated heterocycles. The number of aromatic hydroxyl groups is 1. The maximum absolute atomic E-state index is 8.63. The number of benzene rings is 1. The van der Waals surface area contributed by atoms with Crippen molar-refractivity contribution in [3.8, 4) is 5.75 Å². The Morgan fingerprint density at radius 2 is 1.19 bits per heavy atom. The van der Waals surface area contributed by atoms with Crippen molar-refractivity contribution in [1.29, 1.82) is 0 Å². The molecule has 0 aromatic heterocycles. The van der Waals surface area contributed by atoms with Crippen molar-refractivity contribution in [3.63, 3.8) is 0 Å². The summed E-state index contributed by atoms with van der Waals surface area (Å²) in [5.74, 6) is 0.322. The molecule has 0 bridgehead atoms. The number of hydrogen-bond acceptors (Lipinski definition) is 4. The van der Waals surface area contributed by atoms with Crippen LogP contribution in [0.25, 0.3) is 0 Å². The van der Waals surface area contributed by atoms with Crippen molar-refractivity contribution < 1.29 is 19.3 Å². The van der Waals surface area contributed by atoms with E-state index < -0.39 is 0 Å². The number of hydrogen-bond donors (Lipinski definition) is 1. The summed E-state index contributed by atoms with van der Waals surface area (Å²) in [6.07, 6.45) is 19.8. The van der Waals surface area contributed by atoms with Crippen molar-refractivity contribution in [2.24, 2.45) is 0 Å². The van der Waals surface area contributed by atoms with Crippen LogP contribution in [-0.2, 0) is 14.2 Å². The average molecular weight is 356 g/mol. The second kappa shape index (κ2) is 13.1. The Labute approximate surface area is 156 Å². The van der Waals surface area contributed by atoms with Gasteiger partial charge in [-0.15, -0.1) is 0 Å². The monoisotopic (exact) mass is 356 g/mol. The number of rotatable bonds is 4. The van der Waals surface area contributed by atoms with Crippen LogP contribution in [0.3, 0.4) is 0 Å². The number of phenols is 1. The van der Waals surface area contributed by atoms with E-state index in [0.717, 1.165) is 39.3 Å². The minimum absolute atomic E-state index is 0.322. The molecular formula is C22H28O4. The summed E-state index contributed by atoms with van der Waals surface area (Å²) in [6, 6.07) is 8.71. The highest BCUT2D eigenvalue weighted by atomic mass is 16.6. The molecule has 1 aromatic carbocycles. The van der Waals surface area contributed by atoms with Crippen LogP contribution in [0.2, 0.25) is 0 Å². The van der Waals surface area contributed by atoms with Gasteiger partial charge >= 0.3 is 0 Å². The van der Waals surface area contributed by atoms with Gasteiger partial charge in [-0.2, -0.15) is 0 Å². The molecule has 2 aliphatic heterocycles. The van der Waals surface area contributed by atoms with Crippen LogP contribution in [0.1, 0.15) is 12.8 Å². The van der Waals surface area contributed by atoms with E-state index in [4.69, 9.17) is 19.3 Å². The highest BCUT2D eigenvalue weighted by Crippen LogP contribution is 2.12. The van der Waals surface area contributed by atoms with Gasteiger partial charge in [-0.3, -0.25) is 0 Å². The van der Waals surface area contributed by atoms with Gasteiger partial charge in [0.15, 0.2) is 0 Å². The lowest BCUT2D eigenvalue weighted by Gasteiger charge is -1.95. The number of para-hydroxylation sites is 1. The van der Waals surface area contributed by atoms with E-state index in [1.807, 2.05) is 6.07 Å². The van der Waals surface area contributed by atoms with E-state index >= 15 is 0 Å². The van der Waals surface area contributed by atoms with E-state index in [1.165, 1.54) is 0 Å². The largest absolute Gasteiger partial charge is 0.508 e. The Balaban J connectivity index is 0.000000129. The molecule has 0 amide bonds. The van der Waals surface area contributed by atoms with Crippen LogP contribution in [-0.4, -0.2) is 43.7 Å². The first kappa shape index (κ1) is 20.2. The molecule has 140 valence electrons. The SMILES string of the molecule is C(OCC1CO1)C1CO1.C1=CCC=C1.C1=CCC=C1.Oc1ccccc1. The van der Waals surface area contributed by atoms with Crippen molar-refractivity contribution in [1.82, 2.24) is 0 Å². The molecule has 2 fully saturated rings. The van der Waals surface area contributed by atoms with Crippen LogP contribution >= 0.6 is 0 Å². The quantitative estimate of drug-likeness (QED) is 0.822. The number of epoxide rings is 2. The Bertz CT molecular complexity index is 527. The Morgan fingerprint density at radius 3 is 1.42 bits per heavy atom. The lowest BCUT2D eigenvalue weighted by Crippen LogP contribution is -2.06. The van der Waals surface area contributed by atoms with Gasteiger partial charge < -0.3 is 19.3 Å². The molecule has 4 nitrogen and oxygen atoms in total. The van der Waals surface area contributed by atoms with Crippen LogP contribution in [0.4, 0.5) is 0 Å². The van der Waals surface area contributed by atoms with Gasteiger partial charge in [-0.1, -0.05) is 66.8 Å². The zero-order chi connectivity index (χ0) is 18.3. The molecule has 1 N–H and O–H groups in total. The Hall–Kier alpha value is -2.14. The van der Waals surface area contributed by atoms with Crippen LogP contribution in [0, 0.1) is 0 Å². The molecule has 1 aromatic rings. The molecule has 2 unspecified atom stereocenters. The summed E-state index contributed by atoms with van der Waals surface area (Å²) in [5, 5.41) is 8.63. The second-order valence-electron chi connectivity index (χ2n) is 5.97. The molecule has 5 rings (SSSR count). The number of allylic oxidation sites excluding steroid dienone is 8. The minimum atomic E-state index is 0.322. The Morgan fingerprint density at radius 1 is 0.769 bits per heavy atom. The summed E-state index contributed by atoms with van der Waals surface area (Å²) >= 11 is 0. The number of phenolic OH excluding ortho intramolecular Hbond substituents is 1. The van der Waals surface area contributed by atoms with Gasteiger partial charge in [0.25, 0.3) is 0 Å². The summed E-state index contributed by atoms with van der Waals surface area (Å²) < 4.78 is 15.1. The zero-order valence-electron chi connectivity index (χ0n) is 15.1. The fourth-order valence-electron chi connectivity index (χ4n) is 1.87. The van der Waals surface area contributed by atoms with Crippen molar-refractivity contribution in [2.45, 2.75) is 25.0 Å². The van der Waals surface area contributed by atoms with Crippen LogP contribution in [0.5, 0.6) is 5.75 Å². The van der Waals surface area contributed by atoms with Crippen molar-refractivity contribution in [2.75, 3.05) is 26.4 Å². The topological polar surface area (TPSA) is 54.5 Å². The highest BCUT2D eigenvalue weighted by Gasteiger charge is 2.26. The molecule has 2 heterocycles. The summed E-state index contributed by atoms with van der Waals surface area (Å²) in [4.78, 5) is 0. The summed E-state index contributed by atoms with van der Waals surface area (Å²) in [7, 11) is 0. The van der Waals surface area contributed by atoms with E-state index in [9.17, 15) is 0 Å². The van der Waals surface area contributed by atoms with Gasteiger partial charge in [0.05, 0.1) is 26.4 Å². The molecule has 4 heteroatoms. The highest BCUT2D eigenvalue weighted by molar-refractivity contribution is 5.18. The standard InChI is InChI=1S/C6H10O3.C6H6O.2C5H6/c1(5-3-8-5)7-2-6-4-9-6;7-6-4-2-1-3-5-6;2*1-2-4-5-3-1/h5-6H,1-4H2;1-5,7H;2*1-4H,5H2.